The van der Waals surface area contributed by atoms with E-state index in [0.717, 1.165) is 12.8 Å². The van der Waals surface area contributed by atoms with E-state index in [0.29, 0.717) is 11.6 Å². The van der Waals surface area contributed by atoms with Gasteiger partial charge in [-0.1, -0.05) is 54.6 Å². The second-order valence-corrected chi connectivity index (χ2v) is 7.08. The average Bonchev–Trinajstić information content (AvgIpc) is 2.71. The number of esters is 1. The van der Waals surface area contributed by atoms with Gasteiger partial charge in [0.1, 0.15) is 0 Å². The molecule has 2 atom stereocenters. The van der Waals surface area contributed by atoms with Gasteiger partial charge in [0.15, 0.2) is 0 Å². The molecule has 0 radical (unpaired) electrons. The van der Waals surface area contributed by atoms with E-state index < -0.39 is 0 Å². The average molecular weight is 361 g/mol. The Morgan fingerprint density at radius 2 is 1.67 bits per heavy atom. The quantitative estimate of drug-likeness (QED) is 0.581. The van der Waals surface area contributed by atoms with Crippen molar-refractivity contribution in [2.45, 2.75) is 38.8 Å². The Balaban J connectivity index is 1.58. The zero-order valence-corrected chi connectivity index (χ0v) is 16.2. The SMILES string of the molecule is COC(=O)c1ccc(CCC(C)NC(C)c2cccc3ccccc23)cc1. The standard InChI is InChI=1S/C24H27NO2/c1-17(11-12-19-13-15-21(16-14-19)24(26)27-3)25-18(2)22-10-6-8-20-7-4-5-9-23(20)22/h4-10,13-18,25H,11-12H2,1-3H3. The Kier molecular flexibility index (Phi) is 6.25. The number of carbonyl (C=O) groups excluding carboxylic acids is 1. The molecule has 3 rings (SSSR count). The molecule has 0 fully saturated rings. The lowest BCUT2D eigenvalue weighted by Gasteiger charge is -2.22. The minimum atomic E-state index is -0.291. The molecule has 3 aromatic rings. The number of nitrogens with one attached hydrogen (secondary N) is 1. The first-order valence-electron chi connectivity index (χ1n) is 9.49. The minimum absolute atomic E-state index is 0.285. The molecule has 3 heteroatoms. The lowest BCUT2D eigenvalue weighted by atomic mass is 9.98. The minimum Gasteiger partial charge on any atom is -0.465 e. The molecular weight excluding hydrogens is 334 g/mol. The van der Waals surface area contributed by atoms with Crippen molar-refractivity contribution in [3.05, 3.63) is 83.4 Å². The van der Waals surface area contributed by atoms with E-state index in [1.807, 2.05) is 24.3 Å². The van der Waals surface area contributed by atoms with E-state index in [2.05, 4.69) is 61.6 Å². The molecule has 0 aliphatic heterocycles. The maximum Gasteiger partial charge on any atom is 0.337 e. The van der Waals surface area contributed by atoms with Crippen LogP contribution in [-0.2, 0) is 11.2 Å². The summed E-state index contributed by atoms with van der Waals surface area (Å²) in [7, 11) is 1.40. The van der Waals surface area contributed by atoms with Crippen LogP contribution in [0.15, 0.2) is 66.7 Å². The van der Waals surface area contributed by atoms with Crippen molar-refractivity contribution >= 4 is 16.7 Å². The van der Waals surface area contributed by atoms with E-state index in [1.165, 1.54) is 29.0 Å². The van der Waals surface area contributed by atoms with Crippen LogP contribution in [0.2, 0.25) is 0 Å². The van der Waals surface area contributed by atoms with Gasteiger partial charge >= 0.3 is 5.97 Å². The number of methoxy groups -OCH3 is 1. The van der Waals surface area contributed by atoms with Crippen molar-refractivity contribution < 1.29 is 9.53 Å². The molecule has 2 unspecified atom stereocenters. The Labute approximate surface area is 161 Å². The molecule has 3 nitrogen and oxygen atoms in total. The Morgan fingerprint density at radius 3 is 2.41 bits per heavy atom. The van der Waals surface area contributed by atoms with E-state index in [4.69, 9.17) is 4.74 Å². The lowest BCUT2D eigenvalue weighted by Crippen LogP contribution is -2.29. The fourth-order valence-electron chi connectivity index (χ4n) is 3.54. The molecular formula is C24H27NO2. The van der Waals surface area contributed by atoms with Gasteiger partial charge in [0, 0.05) is 12.1 Å². The smallest absolute Gasteiger partial charge is 0.337 e. The Hall–Kier alpha value is -2.65. The van der Waals surface area contributed by atoms with E-state index in [1.54, 1.807) is 0 Å². The summed E-state index contributed by atoms with van der Waals surface area (Å²) >= 11 is 0. The van der Waals surface area contributed by atoms with Gasteiger partial charge in [-0.25, -0.2) is 4.79 Å². The summed E-state index contributed by atoms with van der Waals surface area (Å²) in [6, 6.07) is 23.4. The first-order valence-corrected chi connectivity index (χ1v) is 9.49. The van der Waals surface area contributed by atoms with Crippen molar-refractivity contribution in [1.29, 1.82) is 0 Å². The van der Waals surface area contributed by atoms with Crippen LogP contribution in [0.1, 0.15) is 47.8 Å². The highest BCUT2D eigenvalue weighted by molar-refractivity contribution is 5.89. The highest BCUT2D eigenvalue weighted by Crippen LogP contribution is 2.24. The van der Waals surface area contributed by atoms with Gasteiger partial charge in [0.2, 0.25) is 0 Å². The van der Waals surface area contributed by atoms with Crippen LogP contribution in [0.3, 0.4) is 0 Å². The number of aryl methyl sites for hydroxylation is 1. The van der Waals surface area contributed by atoms with Crippen molar-refractivity contribution in [3.63, 3.8) is 0 Å². The maximum atomic E-state index is 11.5. The molecule has 0 bridgehead atoms. The molecule has 0 spiro atoms. The number of benzene rings is 3. The number of carbonyl (C=O) groups is 1. The van der Waals surface area contributed by atoms with Crippen LogP contribution in [-0.4, -0.2) is 19.1 Å². The first kappa shape index (κ1) is 19.1. The topological polar surface area (TPSA) is 38.3 Å². The van der Waals surface area contributed by atoms with Crippen LogP contribution in [0.25, 0.3) is 10.8 Å². The summed E-state index contributed by atoms with van der Waals surface area (Å²) in [6.45, 7) is 4.45. The van der Waals surface area contributed by atoms with Gasteiger partial charge in [-0.2, -0.15) is 0 Å². The summed E-state index contributed by atoms with van der Waals surface area (Å²) < 4.78 is 4.74. The highest BCUT2D eigenvalue weighted by atomic mass is 16.5. The van der Waals surface area contributed by atoms with Crippen molar-refractivity contribution in [1.82, 2.24) is 5.32 Å². The van der Waals surface area contributed by atoms with Crippen LogP contribution < -0.4 is 5.32 Å². The van der Waals surface area contributed by atoms with Gasteiger partial charge in [0.05, 0.1) is 12.7 Å². The van der Waals surface area contributed by atoms with E-state index in [9.17, 15) is 4.79 Å². The lowest BCUT2D eigenvalue weighted by molar-refractivity contribution is 0.0600. The summed E-state index contributed by atoms with van der Waals surface area (Å²) in [5, 5.41) is 6.31. The molecule has 0 saturated carbocycles. The fourth-order valence-corrected chi connectivity index (χ4v) is 3.54. The number of rotatable bonds is 7. The highest BCUT2D eigenvalue weighted by Gasteiger charge is 2.12. The van der Waals surface area contributed by atoms with Crippen LogP contribution >= 0.6 is 0 Å². The number of fused-ring (bicyclic) bond motifs is 1. The van der Waals surface area contributed by atoms with E-state index >= 15 is 0 Å². The molecule has 27 heavy (non-hydrogen) atoms. The van der Waals surface area contributed by atoms with Gasteiger partial charge in [-0.05, 0) is 60.7 Å². The largest absolute Gasteiger partial charge is 0.465 e. The third kappa shape index (κ3) is 4.75. The van der Waals surface area contributed by atoms with E-state index in [-0.39, 0.29) is 12.0 Å². The molecule has 3 aromatic carbocycles. The molecule has 0 aliphatic rings. The van der Waals surface area contributed by atoms with Crippen LogP contribution in [0.5, 0.6) is 0 Å². The van der Waals surface area contributed by atoms with Gasteiger partial charge < -0.3 is 10.1 Å². The van der Waals surface area contributed by atoms with Crippen LogP contribution in [0.4, 0.5) is 0 Å². The monoisotopic (exact) mass is 361 g/mol. The van der Waals surface area contributed by atoms with Crippen molar-refractivity contribution in [3.8, 4) is 0 Å². The maximum absolute atomic E-state index is 11.5. The van der Waals surface area contributed by atoms with Crippen molar-refractivity contribution in [2.24, 2.45) is 0 Å². The summed E-state index contributed by atoms with van der Waals surface area (Å²) in [5.74, 6) is -0.291. The molecule has 0 aromatic heterocycles. The molecule has 0 amide bonds. The second kappa shape index (κ2) is 8.83. The Morgan fingerprint density at radius 1 is 0.963 bits per heavy atom. The van der Waals surface area contributed by atoms with Gasteiger partial charge in [0.25, 0.3) is 0 Å². The number of ether oxygens (including phenoxy) is 1. The fraction of sp³-hybridized carbons (Fsp3) is 0.292. The molecule has 140 valence electrons. The molecule has 0 heterocycles. The van der Waals surface area contributed by atoms with Crippen LogP contribution in [0, 0.1) is 0 Å². The zero-order valence-electron chi connectivity index (χ0n) is 16.2. The second-order valence-electron chi connectivity index (χ2n) is 7.08. The van der Waals surface area contributed by atoms with Gasteiger partial charge in [-0.3, -0.25) is 0 Å². The molecule has 0 saturated heterocycles. The third-order valence-corrected chi connectivity index (χ3v) is 5.07. The summed E-state index contributed by atoms with van der Waals surface area (Å²) in [5.41, 5.74) is 3.16. The predicted molar refractivity (Wildman–Crippen MR) is 111 cm³/mol. The molecule has 0 aliphatic carbocycles. The number of hydrogen-bond donors (Lipinski definition) is 1. The van der Waals surface area contributed by atoms with Crippen molar-refractivity contribution in [2.75, 3.05) is 7.11 Å². The predicted octanol–water partition coefficient (Wildman–Crippen LogP) is 5.30. The summed E-state index contributed by atoms with van der Waals surface area (Å²) in [4.78, 5) is 11.5. The summed E-state index contributed by atoms with van der Waals surface area (Å²) in [6.07, 6.45) is 2.00. The molecule has 1 N–H and O–H groups in total. The van der Waals surface area contributed by atoms with Gasteiger partial charge in [-0.15, -0.1) is 0 Å². The number of hydrogen-bond acceptors (Lipinski definition) is 3. The Bertz CT molecular complexity index is 896. The first-order chi connectivity index (χ1) is 13.1. The normalized spacial score (nSPS) is 13.3. The zero-order chi connectivity index (χ0) is 19.2. The third-order valence-electron chi connectivity index (χ3n) is 5.07.